The van der Waals surface area contributed by atoms with Gasteiger partial charge in [0, 0.05) is 12.6 Å². The second kappa shape index (κ2) is 5.40. The molecular formula is C15H19N3O3S. The van der Waals surface area contributed by atoms with E-state index in [1.165, 1.54) is 4.31 Å². The standard InChI is InChI=1S/C15H19N3O3S/c1-11-15(12(2)17(3)16-11)22(19,20)18-8-9-21-10-13-6-4-5-7-14(13)18/h4-7H,8-10H2,1-3H3. The van der Waals surface area contributed by atoms with Gasteiger partial charge < -0.3 is 4.74 Å². The van der Waals surface area contributed by atoms with Gasteiger partial charge in [-0.25, -0.2) is 8.42 Å². The minimum atomic E-state index is -3.67. The van der Waals surface area contributed by atoms with Crippen LogP contribution in [0.15, 0.2) is 29.2 Å². The van der Waals surface area contributed by atoms with E-state index >= 15 is 0 Å². The normalized spacial score (nSPS) is 15.5. The van der Waals surface area contributed by atoms with E-state index in [0.717, 1.165) is 5.56 Å². The molecule has 118 valence electrons. The number of anilines is 1. The van der Waals surface area contributed by atoms with Crippen LogP contribution < -0.4 is 4.31 Å². The number of sulfonamides is 1. The largest absolute Gasteiger partial charge is 0.375 e. The molecule has 1 aromatic carbocycles. The molecule has 0 amide bonds. The Morgan fingerprint density at radius 3 is 2.64 bits per heavy atom. The second-order valence-electron chi connectivity index (χ2n) is 5.38. The molecule has 2 aromatic rings. The van der Waals surface area contributed by atoms with E-state index < -0.39 is 10.0 Å². The van der Waals surface area contributed by atoms with E-state index in [1.807, 2.05) is 24.3 Å². The van der Waals surface area contributed by atoms with Gasteiger partial charge in [0.05, 0.1) is 36.8 Å². The number of ether oxygens (including phenoxy) is 1. The number of aryl methyl sites for hydroxylation is 2. The fourth-order valence-corrected chi connectivity index (χ4v) is 4.71. The number of benzene rings is 1. The Kier molecular flexibility index (Phi) is 3.70. The average molecular weight is 321 g/mol. The Balaban J connectivity index is 2.17. The van der Waals surface area contributed by atoms with Gasteiger partial charge in [0.2, 0.25) is 0 Å². The molecule has 22 heavy (non-hydrogen) atoms. The second-order valence-corrected chi connectivity index (χ2v) is 7.18. The van der Waals surface area contributed by atoms with Gasteiger partial charge in [-0.15, -0.1) is 0 Å². The summed E-state index contributed by atoms with van der Waals surface area (Å²) in [5.41, 5.74) is 2.72. The predicted molar refractivity (Wildman–Crippen MR) is 83.3 cm³/mol. The van der Waals surface area contributed by atoms with Crippen molar-refractivity contribution in [3.8, 4) is 0 Å². The molecule has 0 spiro atoms. The maximum absolute atomic E-state index is 13.2. The Morgan fingerprint density at radius 1 is 1.23 bits per heavy atom. The van der Waals surface area contributed by atoms with Crippen molar-refractivity contribution in [2.24, 2.45) is 7.05 Å². The lowest BCUT2D eigenvalue weighted by atomic mass is 10.2. The van der Waals surface area contributed by atoms with Crippen molar-refractivity contribution >= 4 is 15.7 Å². The first kappa shape index (κ1) is 15.1. The summed E-state index contributed by atoms with van der Waals surface area (Å²) >= 11 is 0. The molecule has 0 atom stereocenters. The van der Waals surface area contributed by atoms with Crippen LogP contribution in [-0.2, 0) is 28.4 Å². The summed E-state index contributed by atoms with van der Waals surface area (Å²) < 4.78 is 34.9. The summed E-state index contributed by atoms with van der Waals surface area (Å²) in [6.45, 7) is 4.58. The molecule has 0 unspecified atom stereocenters. The van der Waals surface area contributed by atoms with Crippen LogP contribution in [0.5, 0.6) is 0 Å². The lowest BCUT2D eigenvalue weighted by Crippen LogP contribution is -2.34. The number of hydrogen-bond donors (Lipinski definition) is 0. The number of nitrogens with zero attached hydrogens (tertiary/aromatic N) is 3. The fourth-order valence-electron chi connectivity index (χ4n) is 2.81. The molecule has 0 N–H and O–H groups in total. The van der Waals surface area contributed by atoms with Crippen LogP contribution >= 0.6 is 0 Å². The van der Waals surface area contributed by atoms with Crippen molar-refractivity contribution in [2.75, 3.05) is 17.5 Å². The number of fused-ring (bicyclic) bond motifs is 1. The Labute approximate surface area is 130 Å². The minimum Gasteiger partial charge on any atom is -0.375 e. The Bertz CT molecular complexity index is 811. The molecule has 0 saturated heterocycles. The molecule has 3 rings (SSSR count). The van der Waals surface area contributed by atoms with Gasteiger partial charge >= 0.3 is 0 Å². The maximum Gasteiger partial charge on any atom is 0.268 e. The minimum absolute atomic E-state index is 0.284. The van der Waals surface area contributed by atoms with Crippen LogP contribution in [0.3, 0.4) is 0 Å². The van der Waals surface area contributed by atoms with Crippen LogP contribution in [0.4, 0.5) is 5.69 Å². The molecule has 1 aromatic heterocycles. The zero-order chi connectivity index (χ0) is 15.9. The predicted octanol–water partition coefficient (Wildman–Crippen LogP) is 1.76. The third-order valence-corrected chi connectivity index (χ3v) is 6.01. The van der Waals surface area contributed by atoms with E-state index in [4.69, 9.17) is 4.74 Å². The molecule has 0 radical (unpaired) electrons. The van der Waals surface area contributed by atoms with E-state index in [9.17, 15) is 8.42 Å². The first-order chi connectivity index (χ1) is 10.4. The Hall–Kier alpha value is -1.86. The van der Waals surface area contributed by atoms with Crippen molar-refractivity contribution in [3.63, 3.8) is 0 Å². The van der Waals surface area contributed by atoms with Crippen molar-refractivity contribution < 1.29 is 13.2 Å². The molecule has 1 aliphatic heterocycles. The van der Waals surface area contributed by atoms with E-state index in [1.54, 1.807) is 25.6 Å². The van der Waals surface area contributed by atoms with Crippen molar-refractivity contribution in [2.45, 2.75) is 25.3 Å². The molecule has 0 saturated carbocycles. The smallest absolute Gasteiger partial charge is 0.268 e. The zero-order valence-corrected chi connectivity index (χ0v) is 13.7. The van der Waals surface area contributed by atoms with Crippen LogP contribution in [0.25, 0.3) is 0 Å². The summed E-state index contributed by atoms with van der Waals surface area (Å²) in [6.07, 6.45) is 0. The molecule has 0 fully saturated rings. The van der Waals surface area contributed by atoms with Crippen LogP contribution in [0.2, 0.25) is 0 Å². The van der Waals surface area contributed by atoms with Crippen molar-refractivity contribution in [1.29, 1.82) is 0 Å². The first-order valence-corrected chi connectivity index (χ1v) is 8.55. The summed E-state index contributed by atoms with van der Waals surface area (Å²) in [5.74, 6) is 0. The summed E-state index contributed by atoms with van der Waals surface area (Å²) in [7, 11) is -1.92. The summed E-state index contributed by atoms with van der Waals surface area (Å²) in [4.78, 5) is 0.284. The maximum atomic E-state index is 13.2. The van der Waals surface area contributed by atoms with Crippen LogP contribution in [-0.4, -0.2) is 31.3 Å². The lowest BCUT2D eigenvalue weighted by molar-refractivity contribution is 0.133. The van der Waals surface area contributed by atoms with Gasteiger partial charge in [-0.1, -0.05) is 18.2 Å². The quantitative estimate of drug-likeness (QED) is 0.845. The SMILES string of the molecule is Cc1nn(C)c(C)c1S(=O)(=O)N1CCOCc2ccccc21. The van der Waals surface area contributed by atoms with Gasteiger partial charge in [0.15, 0.2) is 0 Å². The Morgan fingerprint density at radius 2 is 1.95 bits per heavy atom. The fraction of sp³-hybridized carbons (Fsp3) is 0.400. The lowest BCUT2D eigenvalue weighted by Gasteiger charge is -2.24. The van der Waals surface area contributed by atoms with E-state index in [0.29, 0.717) is 36.8 Å². The van der Waals surface area contributed by atoms with Crippen molar-refractivity contribution in [3.05, 3.63) is 41.2 Å². The average Bonchev–Trinajstić information content (AvgIpc) is 2.66. The molecule has 1 aliphatic rings. The van der Waals surface area contributed by atoms with Crippen molar-refractivity contribution in [1.82, 2.24) is 9.78 Å². The van der Waals surface area contributed by atoms with Crippen LogP contribution in [0, 0.1) is 13.8 Å². The van der Waals surface area contributed by atoms with Gasteiger partial charge in [-0.3, -0.25) is 8.99 Å². The van der Waals surface area contributed by atoms with E-state index in [-0.39, 0.29) is 4.90 Å². The highest BCUT2D eigenvalue weighted by Crippen LogP contribution is 2.31. The van der Waals surface area contributed by atoms with Crippen LogP contribution in [0.1, 0.15) is 17.0 Å². The van der Waals surface area contributed by atoms with Gasteiger partial charge in [0.1, 0.15) is 4.90 Å². The highest BCUT2D eigenvalue weighted by Gasteiger charge is 2.32. The monoisotopic (exact) mass is 321 g/mol. The van der Waals surface area contributed by atoms with Gasteiger partial charge in [0.25, 0.3) is 10.0 Å². The number of hydrogen-bond acceptors (Lipinski definition) is 4. The molecule has 6 nitrogen and oxygen atoms in total. The molecule has 0 bridgehead atoms. The molecule has 2 heterocycles. The third kappa shape index (κ3) is 2.30. The van der Waals surface area contributed by atoms with Gasteiger partial charge in [-0.2, -0.15) is 5.10 Å². The molecular weight excluding hydrogens is 302 g/mol. The summed E-state index contributed by atoms with van der Waals surface area (Å²) in [5, 5.41) is 4.23. The number of rotatable bonds is 2. The number of para-hydroxylation sites is 1. The highest BCUT2D eigenvalue weighted by atomic mass is 32.2. The highest BCUT2D eigenvalue weighted by molar-refractivity contribution is 7.93. The molecule has 0 aliphatic carbocycles. The number of aromatic nitrogens is 2. The molecule has 7 heteroatoms. The van der Waals surface area contributed by atoms with E-state index in [2.05, 4.69) is 5.10 Å². The zero-order valence-electron chi connectivity index (χ0n) is 12.9. The first-order valence-electron chi connectivity index (χ1n) is 7.11. The topological polar surface area (TPSA) is 64.4 Å². The summed E-state index contributed by atoms with van der Waals surface area (Å²) in [6, 6.07) is 7.45. The third-order valence-electron chi connectivity index (χ3n) is 3.95. The van der Waals surface area contributed by atoms with Gasteiger partial charge in [-0.05, 0) is 19.9 Å².